The molecule has 2 aromatic heterocycles. The lowest BCUT2D eigenvalue weighted by atomic mass is 10.2. The molecule has 0 saturated carbocycles. The first-order valence-electron chi connectivity index (χ1n) is 9.18. The highest BCUT2D eigenvalue weighted by Crippen LogP contribution is 2.18. The second kappa shape index (κ2) is 7.27. The summed E-state index contributed by atoms with van der Waals surface area (Å²) in [5.74, 6) is 2.15. The van der Waals surface area contributed by atoms with E-state index in [2.05, 4.69) is 25.7 Å². The third kappa shape index (κ3) is 3.63. The van der Waals surface area contributed by atoms with Crippen molar-refractivity contribution in [1.29, 1.82) is 0 Å². The predicted octanol–water partition coefficient (Wildman–Crippen LogP) is 1.38. The lowest BCUT2D eigenvalue weighted by Crippen LogP contribution is -2.36. The van der Waals surface area contributed by atoms with E-state index in [1.54, 1.807) is 0 Å². The van der Waals surface area contributed by atoms with Gasteiger partial charge in [-0.05, 0) is 13.8 Å². The Morgan fingerprint density at radius 1 is 1.00 bits per heavy atom. The summed E-state index contributed by atoms with van der Waals surface area (Å²) < 4.78 is 13.2. The highest BCUT2D eigenvalue weighted by atomic mass is 16.5. The molecule has 1 fully saturated rings. The minimum Gasteiger partial charge on any atom is -0.379 e. The van der Waals surface area contributed by atoms with Gasteiger partial charge in [0.05, 0.1) is 24.6 Å². The van der Waals surface area contributed by atoms with E-state index >= 15 is 0 Å². The molecule has 0 N–H and O–H groups in total. The zero-order valence-electron chi connectivity index (χ0n) is 15.2. The van der Waals surface area contributed by atoms with Gasteiger partial charge in [0.15, 0.2) is 0 Å². The average molecular weight is 345 g/mol. The Balaban J connectivity index is 1.42. The molecular weight excluding hydrogens is 318 g/mol. The number of morpholine rings is 1. The number of nitrogens with zero attached hydrogens (tertiary/aromatic N) is 5. The lowest BCUT2D eigenvalue weighted by molar-refractivity contribution is 0.0331. The van der Waals surface area contributed by atoms with Crippen LogP contribution in [0.5, 0.6) is 0 Å². The van der Waals surface area contributed by atoms with Gasteiger partial charge >= 0.3 is 0 Å². The molecule has 1 saturated heterocycles. The summed E-state index contributed by atoms with van der Waals surface area (Å²) in [7, 11) is 0. The van der Waals surface area contributed by atoms with E-state index in [-0.39, 0.29) is 0 Å². The summed E-state index contributed by atoms with van der Waals surface area (Å²) in [5, 5.41) is 4.08. The second-order valence-corrected chi connectivity index (χ2v) is 7.03. The van der Waals surface area contributed by atoms with Crippen LogP contribution in [-0.4, -0.2) is 63.9 Å². The summed E-state index contributed by atoms with van der Waals surface area (Å²) in [6.07, 6.45) is 3.06. The fourth-order valence-electron chi connectivity index (χ4n) is 3.76. The molecule has 0 amide bonds. The van der Waals surface area contributed by atoms with E-state index in [0.717, 1.165) is 76.9 Å². The monoisotopic (exact) mass is 345 g/mol. The first kappa shape index (κ1) is 16.8. The van der Waals surface area contributed by atoms with Gasteiger partial charge in [0.2, 0.25) is 0 Å². The molecule has 4 heterocycles. The van der Waals surface area contributed by atoms with Crippen LogP contribution in [0.1, 0.15) is 28.5 Å². The molecule has 0 aromatic carbocycles. The predicted molar refractivity (Wildman–Crippen MR) is 93.3 cm³/mol. The average Bonchev–Trinajstić information content (AvgIpc) is 3.07. The maximum atomic E-state index is 5.45. The summed E-state index contributed by atoms with van der Waals surface area (Å²) >= 11 is 0. The summed E-state index contributed by atoms with van der Waals surface area (Å²) in [5.41, 5.74) is 3.57. The van der Waals surface area contributed by atoms with E-state index in [1.165, 1.54) is 17.1 Å². The van der Waals surface area contributed by atoms with Crippen LogP contribution in [0.15, 0.2) is 10.7 Å². The summed E-state index contributed by atoms with van der Waals surface area (Å²) in [6, 6.07) is 0. The molecule has 2 aliphatic heterocycles. The number of ether oxygens (including phenoxy) is 1. The fraction of sp³-hybridized carbons (Fsp3) is 0.667. The number of hydrogen-bond acceptors (Lipinski definition) is 6. The molecule has 0 unspecified atom stereocenters. The zero-order chi connectivity index (χ0) is 17.2. The van der Waals surface area contributed by atoms with Crippen LogP contribution in [0.25, 0.3) is 0 Å². The van der Waals surface area contributed by atoms with Gasteiger partial charge in [0.1, 0.15) is 11.6 Å². The second-order valence-electron chi connectivity index (χ2n) is 7.03. The SMILES string of the molecule is Cc1noc(C)c1CN1CCc2ncc(CN3CCOCC3)n2CC1. The minimum absolute atomic E-state index is 0.839. The minimum atomic E-state index is 0.839. The van der Waals surface area contributed by atoms with E-state index in [4.69, 9.17) is 14.2 Å². The van der Waals surface area contributed by atoms with Gasteiger partial charge in [-0.2, -0.15) is 0 Å². The van der Waals surface area contributed by atoms with Crippen molar-refractivity contribution in [3.63, 3.8) is 0 Å². The molecule has 2 aromatic rings. The molecular formula is C18H27N5O2. The Kier molecular flexibility index (Phi) is 4.87. The van der Waals surface area contributed by atoms with Gasteiger partial charge in [0.25, 0.3) is 0 Å². The Labute approximate surface area is 148 Å². The molecule has 0 aliphatic carbocycles. The third-order valence-corrected chi connectivity index (χ3v) is 5.36. The van der Waals surface area contributed by atoms with Crippen molar-refractivity contribution in [1.82, 2.24) is 24.5 Å². The highest BCUT2D eigenvalue weighted by Gasteiger charge is 2.21. The number of aromatic nitrogens is 3. The maximum absolute atomic E-state index is 5.45. The molecule has 136 valence electrons. The van der Waals surface area contributed by atoms with Crippen LogP contribution in [0, 0.1) is 13.8 Å². The van der Waals surface area contributed by atoms with Crippen molar-refractivity contribution >= 4 is 0 Å². The maximum Gasteiger partial charge on any atom is 0.138 e. The van der Waals surface area contributed by atoms with Crippen molar-refractivity contribution in [3.8, 4) is 0 Å². The van der Waals surface area contributed by atoms with Gasteiger partial charge in [-0.15, -0.1) is 0 Å². The Morgan fingerprint density at radius 3 is 2.56 bits per heavy atom. The van der Waals surface area contributed by atoms with Crippen molar-refractivity contribution in [3.05, 3.63) is 34.7 Å². The molecule has 0 radical (unpaired) electrons. The quantitative estimate of drug-likeness (QED) is 0.834. The summed E-state index contributed by atoms with van der Waals surface area (Å²) in [4.78, 5) is 9.64. The molecule has 4 rings (SSSR count). The first-order valence-corrected chi connectivity index (χ1v) is 9.18. The van der Waals surface area contributed by atoms with Crippen LogP contribution in [-0.2, 0) is 30.8 Å². The third-order valence-electron chi connectivity index (χ3n) is 5.36. The number of fused-ring (bicyclic) bond motifs is 1. The highest BCUT2D eigenvalue weighted by molar-refractivity contribution is 5.20. The molecule has 0 atom stereocenters. The van der Waals surface area contributed by atoms with Gasteiger partial charge < -0.3 is 13.8 Å². The molecule has 7 heteroatoms. The zero-order valence-corrected chi connectivity index (χ0v) is 15.2. The van der Waals surface area contributed by atoms with Gasteiger partial charge in [-0.25, -0.2) is 4.98 Å². The smallest absolute Gasteiger partial charge is 0.138 e. The molecule has 7 nitrogen and oxygen atoms in total. The first-order chi connectivity index (χ1) is 12.2. The van der Waals surface area contributed by atoms with E-state index in [1.807, 2.05) is 13.8 Å². The van der Waals surface area contributed by atoms with E-state index in [9.17, 15) is 0 Å². The van der Waals surface area contributed by atoms with Crippen molar-refractivity contribution < 1.29 is 9.26 Å². The molecule has 25 heavy (non-hydrogen) atoms. The lowest BCUT2D eigenvalue weighted by Gasteiger charge is -2.27. The van der Waals surface area contributed by atoms with Crippen LogP contribution in [0.2, 0.25) is 0 Å². The topological polar surface area (TPSA) is 59.6 Å². The van der Waals surface area contributed by atoms with Crippen molar-refractivity contribution in [2.24, 2.45) is 0 Å². The van der Waals surface area contributed by atoms with E-state index in [0.29, 0.717) is 0 Å². The Bertz CT molecular complexity index is 698. The normalized spacial score (nSPS) is 19.8. The number of aryl methyl sites for hydroxylation is 2. The fourth-order valence-corrected chi connectivity index (χ4v) is 3.76. The van der Waals surface area contributed by atoms with E-state index < -0.39 is 0 Å². The molecule has 2 aliphatic rings. The summed E-state index contributed by atoms with van der Waals surface area (Å²) in [6.45, 7) is 12.7. The van der Waals surface area contributed by atoms with Crippen LogP contribution in [0.4, 0.5) is 0 Å². The van der Waals surface area contributed by atoms with Gasteiger partial charge in [-0.3, -0.25) is 9.80 Å². The van der Waals surface area contributed by atoms with Crippen LogP contribution in [0.3, 0.4) is 0 Å². The van der Waals surface area contributed by atoms with Crippen LogP contribution >= 0.6 is 0 Å². The Hall–Kier alpha value is -1.70. The Morgan fingerprint density at radius 2 is 1.80 bits per heavy atom. The van der Waals surface area contributed by atoms with Crippen molar-refractivity contribution in [2.75, 3.05) is 39.4 Å². The van der Waals surface area contributed by atoms with Crippen molar-refractivity contribution in [2.45, 2.75) is 39.9 Å². The van der Waals surface area contributed by atoms with Crippen LogP contribution < -0.4 is 0 Å². The number of rotatable bonds is 4. The number of hydrogen-bond donors (Lipinski definition) is 0. The standard InChI is InChI=1S/C18H27N5O2/c1-14-17(15(2)25-20-14)13-21-4-3-18-19-11-16(23(18)6-5-21)12-22-7-9-24-10-8-22/h11H,3-10,12-13H2,1-2H3. The molecule has 0 spiro atoms. The van der Waals surface area contributed by atoms with Gasteiger partial charge in [0, 0.05) is 64.0 Å². The van der Waals surface area contributed by atoms with Gasteiger partial charge in [-0.1, -0.05) is 5.16 Å². The largest absolute Gasteiger partial charge is 0.379 e. The number of imidazole rings is 1. The molecule has 0 bridgehead atoms.